The Bertz CT molecular complexity index is 863. The molecule has 0 saturated heterocycles. The molecular formula is C15H12ClN3OS. The maximum atomic E-state index is 12.5. The third kappa shape index (κ3) is 2.80. The van der Waals surface area contributed by atoms with Gasteiger partial charge in [-0.15, -0.1) is 0 Å². The van der Waals surface area contributed by atoms with E-state index in [0.717, 1.165) is 5.56 Å². The van der Waals surface area contributed by atoms with E-state index >= 15 is 0 Å². The molecule has 3 aromatic rings. The van der Waals surface area contributed by atoms with Gasteiger partial charge >= 0.3 is 0 Å². The Morgan fingerprint density at radius 2 is 2.10 bits per heavy atom. The van der Waals surface area contributed by atoms with Gasteiger partial charge in [-0.25, -0.2) is 9.97 Å². The van der Waals surface area contributed by atoms with Crippen LogP contribution in [0, 0.1) is 0 Å². The van der Waals surface area contributed by atoms with Crippen LogP contribution in [0.4, 0.5) is 0 Å². The van der Waals surface area contributed by atoms with E-state index in [2.05, 4.69) is 9.97 Å². The van der Waals surface area contributed by atoms with Crippen molar-refractivity contribution < 1.29 is 0 Å². The second-order valence-corrected chi connectivity index (χ2v) is 5.68. The molecule has 106 valence electrons. The lowest BCUT2D eigenvalue weighted by atomic mass is 10.2. The van der Waals surface area contributed by atoms with Crippen LogP contribution < -0.4 is 5.56 Å². The lowest BCUT2D eigenvalue weighted by Gasteiger charge is -2.08. The molecule has 3 rings (SSSR count). The van der Waals surface area contributed by atoms with Gasteiger partial charge in [-0.05, 0) is 24.0 Å². The largest absolute Gasteiger partial charge is 0.310 e. The van der Waals surface area contributed by atoms with E-state index in [1.165, 1.54) is 11.8 Å². The maximum Gasteiger partial charge on any atom is 0.261 e. The van der Waals surface area contributed by atoms with Gasteiger partial charge in [0.05, 0.1) is 17.4 Å². The van der Waals surface area contributed by atoms with Crippen LogP contribution in [-0.2, 0) is 6.54 Å². The van der Waals surface area contributed by atoms with Crippen LogP contribution in [0.15, 0.2) is 52.7 Å². The molecule has 0 amide bonds. The van der Waals surface area contributed by atoms with Crippen molar-refractivity contribution in [2.75, 3.05) is 6.26 Å². The van der Waals surface area contributed by atoms with Crippen LogP contribution in [0.25, 0.3) is 10.9 Å². The molecule has 4 nitrogen and oxygen atoms in total. The predicted molar refractivity (Wildman–Crippen MR) is 86.1 cm³/mol. The molecule has 0 aliphatic carbocycles. The quantitative estimate of drug-likeness (QED) is 0.550. The van der Waals surface area contributed by atoms with Crippen LogP contribution >= 0.6 is 23.4 Å². The highest BCUT2D eigenvalue weighted by molar-refractivity contribution is 7.98. The molecule has 2 aromatic heterocycles. The summed E-state index contributed by atoms with van der Waals surface area (Å²) in [6.07, 6.45) is 5.23. The van der Waals surface area contributed by atoms with Gasteiger partial charge in [0.2, 0.25) is 0 Å². The summed E-state index contributed by atoms with van der Waals surface area (Å²) < 4.78 is 1.62. The van der Waals surface area contributed by atoms with Gasteiger partial charge in [-0.2, -0.15) is 0 Å². The fourth-order valence-electron chi connectivity index (χ4n) is 2.09. The number of benzene rings is 1. The number of aromatic nitrogens is 3. The van der Waals surface area contributed by atoms with E-state index in [-0.39, 0.29) is 5.56 Å². The van der Waals surface area contributed by atoms with Gasteiger partial charge < -0.3 is 4.57 Å². The highest BCUT2D eigenvalue weighted by Crippen LogP contribution is 2.16. The molecule has 0 aliphatic heterocycles. The summed E-state index contributed by atoms with van der Waals surface area (Å²) in [5, 5.41) is 1.83. The Morgan fingerprint density at radius 1 is 1.29 bits per heavy atom. The first kappa shape index (κ1) is 14.1. The van der Waals surface area contributed by atoms with E-state index < -0.39 is 0 Å². The molecular weight excluding hydrogens is 306 g/mol. The molecule has 1 aromatic carbocycles. The molecule has 0 unspecified atom stereocenters. The summed E-state index contributed by atoms with van der Waals surface area (Å²) in [5.74, 6) is 0. The van der Waals surface area contributed by atoms with E-state index in [9.17, 15) is 4.79 Å². The first-order valence-electron chi connectivity index (χ1n) is 6.32. The topological polar surface area (TPSA) is 47.8 Å². The Hall–Kier alpha value is -1.85. The van der Waals surface area contributed by atoms with Gasteiger partial charge in [0.25, 0.3) is 5.56 Å². The van der Waals surface area contributed by atoms with E-state index in [1.807, 2.05) is 36.6 Å². The number of pyridine rings is 1. The highest BCUT2D eigenvalue weighted by atomic mass is 35.5. The number of hydrogen-bond acceptors (Lipinski definition) is 4. The Morgan fingerprint density at radius 3 is 2.86 bits per heavy atom. The van der Waals surface area contributed by atoms with Crippen molar-refractivity contribution in [3.63, 3.8) is 0 Å². The number of halogens is 1. The molecule has 0 N–H and O–H groups in total. The lowest BCUT2D eigenvalue weighted by molar-refractivity contribution is 0.766. The Labute approximate surface area is 130 Å². The minimum Gasteiger partial charge on any atom is -0.310 e. The summed E-state index contributed by atoms with van der Waals surface area (Å²) >= 11 is 7.59. The third-order valence-corrected chi connectivity index (χ3v) is 4.11. The first-order valence-corrected chi connectivity index (χ1v) is 7.93. The van der Waals surface area contributed by atoms with Gasteiger partial charge in [-0.1, -0.05) is 41.6 Å². The first-order chi connectivity index (χ1) is 10.2. The monoisotopic (exact) mass is 317 g/mol. The standard InChI is InChI=1S/C15H12ClN3OS/c1-21-15-17-8-11-13(18-15)6-7-19(14(11)20)9-10-4-2-3-5-12(10)16/h2-8H,9H2,1H3. The summed E-state index contributed by atoms with van der Waals surface area (Å²) in [7, 11) is 0. The van der Waals surface area contributed by atoms with E-state index in [0.29, 0.717) is 27.6 Å². The van der Waals surface area contributed by atoms with Crippen LogP contribution in [0.3, 0.4) is 0 Å². The van der Waals surface area contributed by atoms with Gasteiger partial charge in [0.1, 0.15) is 0 Å². The molecule has 0 spiro atoms. The molecule has 0 bridgehead atoms. The van der Waals surface area contributed by atoms with Crippen LogP contribution in [-0.4, -0.2) is 20.8 Å². The third-order valence-electron chi connectivity index (χ3n) is 3.18. The summed E-state index contributed by atoms with van der Waals surface area (Å²) in [4.78, 5) is 21.0. The lowest BCUT2D eigenvalue weighted by Crippen LogP contribution is -2.20. The Kier molecular flexibility index (Phi) is 3.94. The molecule has 0 saturated carbocycles. The van der Waals surface area contributed by atoms with Gasteiger partial charge in [0.15, 0.2) is 5.16 Å². The number of rotatable bonds is 3. The minimum atomic E-state index is -0.111. The molecule has 2 heterocycles. The zero-order chi connectivity index (χ0) is 14.8. The summed E-state index contributed by atoms with van der Waals surface area (Å²) in [6, 6.07) is 9.33. The number of hydrogen-bond donors (Lipinski definition) is 0. The van der Waals surface area contributed by atoms with Crippen LogP contribution in [0.5, 0.6) is 0 Å². The fraction of sp³-hybridized carbons (Fsp3) is 0.133. The molecule has 0 atom stereocenters. The number of nitrogens with zero attached hydrogens (tertiary/aromatic N) is 3. The second-order valence-electron chi connectivity index (χ2n) is 4.50. The average Bonchev–Trinajstić information content (AvgIpc) is 2.51. The van der Waals surface area contributed by atoms with Crippen LogP contribution in [0.2, 0.25) is 5.02 Å². The summed E-state index contributed by atoms with van der Waals surface area (Å²) in [6.45, 7) is 0.429. The minimum absolute atomic E-state index is 0.111. The highest BCUT2D eigenvalue weighted by Gasteiger charge is 2.07. The van der Waals surface area contributed by atoms with Crippen molar-refractivity contribution in [3.05, 3.63) is 63.7 Å². The molecule has 21 heavy (non-hydrogen) atoms. The van der Waals surface area contributed by atoms with E-state index in [4.69, 9.17) is 11.6 Å². The Balaban J connectivity index is 2.07. The maximum absolute atomic E-state index is 12.5. The van der Waals surface area contributed by atoms with Crippen molar-refractivity contribution in [3.8, 4) is 0 Å². The molecule has 0 radical (unpaired) electrons. The predicted octanol–water partition coefficient (Wildman–Crippen LogP) is 3.22. The molecule has 6 heteroatoms. The van der Waals surface area contributed by atoms with E-state index in [1.54, 1.807) is 17.0 Å². The number of thioether (sulfide) groups is 1. The normalized spacial score (nSPS) is 11.0. The zero-order valence-electron chi connectivity index (χ0n) is 11.3. The SMILES string of the molecule is CSc1ncc2c(=O)n(Cc3ccccc3Cl)ccc2n1. The van der Waals surface area contributed by atoms with Crippen molar-refractivity contribution in [1.82, 2.24) is 14.5 Å². The van der Waals surface area contributed by atoms with Gasteiger partial charge in [0, 0.05) is 17.4 Å². The molecule has 0 aliphatic rings. The van der Waals surface area contributed by atoms with Crippen molar-refractivity contribution in [2.45, 2.75) is 11.7 Å². The number of fused-ring (bicyclic) bond motifs is 1. The van der Waals surface area contributed by atoms with Crippen molar-refractivity contribution >= 4 is 34.3 Å². The van der Waals surface area contributed by atoms with Gasteiger partial charge in [-0.3, -0.25) is 4.79 Å². The average molecular weight is 318 g/mol. The fourth-order valence-corrected chi connectivity index (χ4v) is 2.63. The van der Waals surface area contributed by atoms with Crippen molar-refractivity contribution in [1.29, 1.82) is 0 Å². The summed E-state index contributed by atoms with van der Waals surface area (Å²) in [5.41, 5.74) is 1.46. The van der Waals surface area contributed by atoms with Crippen LogP contribution in [0.1, 0.15) is 5.56 Å². The second kappa shape index (κ2) is 5.87. The zero-order valence-corrected chi connectivity index (χ0v) is 12.9. The smallest absolute Gasteiger partial charge is 0.261 e. The van der Waals surface area contributed by atoms with Crippen molar-refractivity contribution in [2.24, 2.45) is 0 Å². The molecule has 0 fully saturated rings.